The molecule has 0 atom stereocenters. The third kappa shape index (κ3) is 3.53. The van der Waals surface area contributed by atoms with Crippen molar-refractivity contribution in [2.24, 2.45) is 5.92 Å². The second-order valence-corrected chi connectivity index (χ2v) is 3.88. The van der Waals surface area contributed by atoms with Gasteiger partial charge in [-0.05, 0) is 36.5 Å². The summed E-state index contributed by atoms with van der Waals surface area (Å²) in [6.45, 7) is 1.20. The Kier molecular flexibility index (Phi) is 3.59. The number of hydrogen-bond donors (Lipinski definition) is 1. The van der Waals surface area contributed by atoms with Crippen molar-refractivity contribution in [3.8, 4) is 5.75 Å². The molecule has 0 aliphatic heterocycles. The van der Waals surface area contributed by atoms with Crippen LogP contribution in [0.2, 0.25) is 0 Å². The molecule has 1 aromatic carbocycles. The molecule has 2 rings (SSSR count). The van der Waals surface area contributed by atoms with Gasteiger partial charge in [0.1, 0.15) is 5.75 Å². The van der Waals surface area contributed by atoms with Gasteiger partial charge in [0.05, 0.1) is 13.2 Å². The van der Waals surface area contributed by atoms with Crippen LogP contribution in [0, 0.1) is 5.92 Å². The van der Waals surface area contributed by atoms with Crippen LogP contribution < -0.4 is 4.74 Å². The second-order valence-electron chi connectivity index (χ2n) is 3.88. The number of benzene rings is 1. The van der Waals surface area contributed by atoms with E-state index in [0.717, 1.165) is 23.8 Å². The van der Waals surface area contributed by atoms with Crippen LogP contribution >= 0.6 is 0 Å². The molecule has 3 heteroatoms. The molecule has 15 heavy (non-hydrogen) atoms. The standard InChI is InChI=1S/C12H16O3/c13-7-10-3-5-12(6-4-10)15-9-14-8-11-1-2-11/h3-6,11,13H,1-2,7-9H2. The van der Waals surface area contributed by atoms with Crippen molar-refractivity contribution in [1.29, 1.82) is 0 Å². The number of hydrogen-bond acceptors (Lipinski definition) is 3. The Morgan fingerprint density at radius 3 is 2.53 bits per heavy atom. The van der Waals surface area contributed by atoms with Gasteiger partial charge in [0.25, 0.3) is 0 Å². The largest absolute Gasteiger partial charge is 0.468 e. The highest BCUT2D eigenvalue weighted by Gasteiger charge is 2.20. The number of aliphatic hydroxyl groups is 1. The summed E-state index contributed by atoms with van der Waals surface area (Å²) >= 11 is 0. The molecule has 0 heterocycles. The molecule has 0 aromatic heterocycles. The predicted octanol–water partition coefficient (Wildman–Crippen LogP) is 1.94. The Labute approximate surface area is 89.6 Å². The Morgan fingerprint density at radius 1 is 1.20 bits per heavy atom. The monoisotopic (exact) mass is 208 g/mol. The van der Waals surface area contributed by atoms with Crippen molar-refractivity contribution in [3.63, 3.8) is 0 Å². The van der Waals surface area contributed by atoms with Crippen molar-refractivity contribution in [1.82, 2.24) is 0 Å². The lowest BCUT2D eigenvalue weighted by Gasteiger charge is -2.06. The summed E-state index contributed by atoms with van der Waals surface area (Å²) < 4.78 is 10.7. The van der Waals surface area contributed by atoms with E-state index in [1.54, 1.807) is 0 Å². The van der Waals surface area contributed by atoms with E-state index in [0.29, 0.717) is 6.79 Å². The molecule has 1 aliphatic rings. The fourth-order valence-electron chi connectivity index (χ4n) is 1.30. The van der Waals surface area contributed by atoms with Gasteiger partial charge in [0.2, 0.25) is 0 Å². The molecular formula is C12H16O3. The van der Waals surface area contributed by atoms with Gasteiger partial charge in [-0.3, -0.25) is 0 Å². The number of ether oxygens (including phenoxy) is 2. The Hall–Kier alpha value is -1.06. The maximum absolute atomic E-state index is 8.85. The fraction of sp³-hybridized carbons (Fsp3) is 0.500. The molecule has 0 unspecified atom stereocenters. The normalized spacial score (nSPS) is 15.3. The first-order chi connectivity index (χ1) is 7.38. The highest BCUT2D eigenvalue weighted by atomic mass is 16.7. The third-order valence-electron chi connectivity index (χ3n) is 2.47. The summed E-state index contributed by atoms with van der Waals surface area (Å²) in [5, 5.41) is 8.85. The molecule has 0 amide bonds. The van der Waals surface area contributed by atoms with Gasteiger partial charge in [-0.2, -0.15) is 0 Å². The summed E-state index contributed by atoms with van der Waals surface area (Å²) in [7, 11) is 0. The van der Waals surface area contributed by atoms with Gasteiger partial charge in [0.15, 0.2) is 6.79 Å². The fourth-order valence-corrected chi connectivity index (χ4v) is 1.30. The van der Waals surface area contributed by atoms with Crippen LogP contribution in [-0.4, -0.2) is 18.5 Å². The molecule has 3 nitrogen and oxygen atoms in total. The minimum absolute atomic E-state index is 0.0679. The Balaban J connectivity index is 1.67. The predicted molar refractivity (Wildman–Crippen MR) is 56.5 cm³/mol. The van der Waals surface area contributed by atoms with Crippen LogP contribution in [0.15, 0.2) is 24.3 Å². The second kappa shape index (κ2) is 5.14. The molecule has 0 spiro atoms. The Bertz CT molecular complexity index is 290. The maximum Gasteiger partial charge on any atom is 0.189 e. The lowest BCUT2D eigenvalue weighted by molar-refractivity contribution is 0.00997. The molecule has 1 N–H and O–H groups in total. The first-order valence-corrected chi connectivity index (χ1v) is 5.29. The van der Waals surface area contributed by atoms with Gasteiger partial charge in [-0.1, -0.05) is 12.1 Å². The van der Waals surface area contributed by atoms with Crippen LogP contribution in [0.5, 0.6) is 5.75 Å². The summed E-state index contributed by atoms with van der Waals surface area (Å²) in [6, 6.07) is 7.37. The maximum atomic E-state index is 8.85. The van der Waals surface area contributed by atoms with Crippen molar-refractivity contribution in [3.05, 3.63) is 29.8 Å². The van der Waals surface area contributed by atoms with Crippen LogP contribution in [0.3, 0.4) is 0 Å². The van der Waals surface area contributed by atoms with E-state index in [1.165, 1.54) is 12.8 Å². The number of rotatable bonds is 6. The average molecular weight is 208 g/mol. The van der Waals surface area contributed by atoms with Crippen molar-refractivity contribution < 1.29 is 14.6 Å². The van der Waals surface area contributed by atoms with Gasteiger partial charge >= 0.3 is 0 Å². The first-order valence-electron chi connectivity index (χ1n) is 5.29. The van der Waals surface area contributed by atoms with Gasteiger partial charge in [0, 0.05) is 0 Å². The van der Waals surface area contributed by atoms with Crippen molar-refractivity contribution in [2.75, 3.05) is 13.4 Å². The van der Waals surface area contributed by atoms with Crippen molar-refractivity contribution >= 4 is 0 Å². The van der Waals surface area contributed by atoms with Crippen LogP contribution in [0.25, 0.3) is 0 Å². The lowest BCUT2D eigenvalue weighted by Crippen LogP contribution is -2.05. The first kappa shape index (κ1) is 10.5. The van der Waals surface area contributed by atoms with Crippen LogP contribution in [0.4, 0.5) is 0 Å². The molecule has 0 radical (unpaired) electrons. The summed E-state index contributed by atoms with van der Waals surface area (Å²) in [5.74, 6) is 1.55. The summed E-state index contributed by atoms with van der Waals surface area (Å²) in [6.07, 6.45) is 2.59. The minimum atomic E-state index is 0.0679. The topological polar surface area (TPSA) is 38.7 Å². The molecule has 1 aliphatic carbocycles. The average Bonchev–Trinajstić information content (AvgIpc) is 3.09. The number of aliphatic hydroxyl groups excluding tert-OH is 1. The van der Waals surface area contributed by atoms with E-state index < -0.39 is 0 Å². The zero-order valence-electron chi connectivity index (χ0n) is 8.69. The molecule has 0 saturated heterocycles. The quantitative estimate of drug-likeness (QED) is 0.573. The Morgan fingerprint density at radius 2 is 1.93 bits per heavy atom. The molecular weight excluding hydrogens is 192 g/mol. The van der Waals surface area contributed by atoms with E-state index in [4.69, 9.17) is 14.6 Å². The van der Waals surface area contributed by atoms with Gasteiger partial charge in [-0.25, -0.2) is 0 Å². The van der Waals surface area contributed by atoms with E-state index >= 15 is 0 Å². The van der Waals surface area contributed by atoms with E-state index in [-0.39, 0.29) is 6.61 Å². The zero-order chi connectivity index (χ0) is 10.5. The summed E-state index contributed by atoms with van der Waals surface area (Å²) in [4.78, 5) is 0. The van der Waals surface area contributed by atoms with Gasteiger partial charge in [-0.15, -0.1) is 0 Å². The summed E-state index contributed by atoms with van der Waals surface area (Å²) in [5.41, 5.74) is 0.890. The molecule has 1 saturated carbocycles. The molecule has 1 fully saturated rings. The molecule has 1 aromatic rings. The van der Waals surface area contributed by atoms with E-state index in [9.17, 15) is 0 Å². The third-order valence-corrected chi connectivity index (χ3v) is 2.47. The van der Waals surface area contributed by atoms with Crippen LogP contribution in [0.1, 0.15) is 18.4 Å². The lowest BCUT2D eigenvalue weighted by atomic mass is 10.2. The molecule has 0 bridgehead atoms. The molecule has 82 valence electrons. The van der Waals surface area contributed by atoms with E-state index in [2.05, 4.69) is 0 Å². The van der Waals surface area contributed by atoms with Crippen LogP contribution in [-0.2, 0) is 11.3 Å². The minimum Gasteiger partial charge on any atom is -0.468 e. The smallest absolute Gasteiger partial charge is 0.189 e. The van der Waals surface area contributed by atoms with E-state index in [1.807, 2.05) is 24.3 Å². The highest BCUT2D eigenvalue weighted by Crippen LogP contribution is 2.28. The van der Waals surface area contributed by atoms with Gasteiger partial charge < -0.3 is 14.6 Å². The van der Waals surface area contributed by atoms with Crippen molar-refractivity contribution in [2.45, 2.75) is 19.4 Å². The zero-order valence-corrected chi connectivity index (χ0v) is 8.69. The SMILES string of the molecule is OCc1ccc(OCOCC2CC2)cc1. The highest BCUT2D eigenvalue weighted by molar-refractivity contribution is 5.26.